The van der Waals surface area contributed by atoms with Crippen molar-refractivity contribution < 1.29 is 17.9 Å². The number of carbonyl (C=O) groups is 1. The van der Waals surface area contributed by atoms with E-state index in [1.807, 2.05) is 0 Å². The zero-order valence-electron chi connectivity index (χ0n) is 10.8. The molecule has 1 heterocycles. The van der Waals surface area contributed by atoms with Gasteiger partial charge in [-0.25, -0.2) is 8.42 Å². The third-order valence-corrected chi connectivity index (χ3v) is 4.27. The molecular weight excluding hydrogens is 268 g/mol. The zero-order chi connectivity index (χ0) is 14.0. The second-order valence-electron chi connectivity index (χ2n) is 4.34. The van der Waals surface area contributed by atoms with Gasteiger partial charge >= 0.3 is 0 Å². The minimum Gasteiger partial charge on any atom is -0.497 e. The highest BCUT2D eigenvalue weighted by Crippen LogP contribution is 2.27. The van der Waals surface area contributed by atoms with E-state index in [0.717, 1.165) is 6.26 Å². The average molecular weight is 284 g/mol. The molecule has 1 unspecified atom stereocenters. The summed E-state index contributed by atoms with van der Waals surface area (Å²) >= 11 is 0. The Morgan fingerprint density at radius 1 is 1.32 bits per heavy atom. The number of hydrogen-bond acceptors (Lipinski definition) is 4. The van der Waals surface area contributed by atoms with Crippen molar-refractivity contribution in [1.82, 2.24) is 9.62 Å². The lowest BCUT2D eigenvalue weighted by atomic mass is 10.0. The van der Waals surface area contributed by atoms with Gasteiger partial charge in [-0.1, -0.05) is 12.1 Å². The van der Waals surface area contributed by atoms with E-state index >= 15 is 0 Å². The van der Waals surface area contributed by atoms with Gasteiger partial charge in [-0.3, -0.25) is 4.79 Å². The SMILES string of the molecule is COc1ccc(C2C(=O)NCCN2S(C)(=O)=O)cc1. The molecule has 0 radical (unpaired) electrons. The van der Waals surface area contributed by atoms with Crippen molar-refractivity contribution >= 4 is 15.9 Å². The normalized spacial score (nSPS) is 20.9. The Morgan fingerprint density at radius 3 is 2.47 bits per heavy atom. The van der Waals surface area contributed by atoms with E-state index < -0.39 is 16.1 Å². The van der Waals surface area contributed by atoms with Crippen LogP contribution in [0.1, 0.15) is 11.6 Å². The molecular formula is C12H16N2O4S. The number of carbonyl (C=O) groups excluding carboxylic acids is 1. The van der Waals surface area contributed by atoms with E-state index in [4.69, 9.17) is 4.74 Å². The highest BCUT2D eigenvalue weighted by molar-refractivity contribution is 7.88. The minimum absolute atomic E-state index is 0.279. The first-order valence-corrected chi connectivity index (χ1v) is 7.67. The lowest BCUT2D eigenvalue weighted by Crippen LogP contribution is -2.51. The molecule has 0 bridgehead atoms. The Bertz CT molecular complexity index is 568. The molecule has 0 aliphatic carbocycles. The summed E-state index contributed by atoms with van der Waals surface area (Å²) in [4.78, 5) is 12.0. The summed E-state index contributed by atoms with van der Waals surface area (Å²) in [6.07, 6.45) is 1.11. The molecule has 0 aromatic heterocycles. The number of benzene rings is 1. The maximum Gasteiger partial charge on any atom is 0.243 e. The quantitative estimate of drug-likeness (QED) is 0.856. The van der Waals surface area contributed by atoms with Gasteiger partial charge < -0.3 is 10.1 Å². The summed E-state index contributed by atoms with van der Waals surface area (Å²) in [5, 5.41) is 2.68. The third-order valence-electron chi connectivity index (χ3n) is 3.03. The molecule has 7 heteroatoms. The molecule has 1 aliphatic rings. The Kier molecular flexibility index (Phi) is 3.77. The van der Waals surface area contributed by atoms with Crippen molar-refractivity contribution in [2.24, 2.45) is 0 Å². The van der Waals surface area contributed by atoms with Crippen LogP contribution in [0.5, 0.6) is 5.75 Å². The van der Waals surface area contributed by atoms with Crippen LogP contribution in [0.25, 0.3) is 0 Å². The molecule has 104 valence electrons. The summed E-state index contributed by atoms with van der Waals surface area (Å²) in [6, 6.07) is 6.00. The fraction of sp³-hybridized carbons (Fsp3) is 0.417. The largest absolute Gasteiger partial charge is 0.497 e. The lowest BCUT2D eigenvalue weighted by molar-refractivity contribution is -0.126. The van der Waals surface area contributed by atoms with E-state index in [1.165, 1.54) is 4.31 Å². The van der Waals surface area contributed by atoms with Gasteiger partial charge in [0, 0.05) is 13.1 Å². The first-order valence-electron chi connectivity index (χ1n) is 5.82. The number of amides is 1. The van der Waals surface area contributed by atoms with Crippen LogP contribution in [0.2, 0.25) is 0 Å². The molecule has 1 saturated heterocycles. The van der Waals surface area contributed by atoms with Crippen LogP contribution in [-0.2, 0) is 14.8 Å². The number of nitrogens with one attached hydrogen (secondary N) is 1. The highest BCUT2D eigenvalue weighted by Gasteiger charge is 2.36. The molecule has 19 heavy (non-hydrogen) atoms. The van der Waals surface area contributed by atoms with Gasteiger partial charge in [-0.05, 0) is 17.7 Å². The summed E-state index contributed by atoms with van der Waals surface area (Å²) in [5.41, 5.74) is 0.628. The molecule has 1 aromatic rings. The average Bonchev–Trinajstić information content (AvgIpc) is 2.37. The predicted molar refractivity (Wildman–Crippen MR) is 70.3 cm³/mol. The van der Waals surface area contributed by atoms with Crippen molar-refractivity contribution in [1.29, 1.82) is 0 Å². The Hall–Kier alpha value is -1.60. The minimum atomic E-state index is -3.43. The van der Waals surface area contributed by atoms with Crippen LogP contribution in [0, 0.1) is 0 Å². The van der Waals surface area contributed by atoms with Crippen LogP contribution in [0.3, 0.4) is 0 Å². The summed E-state index contributed by atoms with van der Waals surface area (Å²) in [7, 11) is -1.88. The molecule has 0 saturated carbocycles. The number of sulfonamides is 1. The molecule has 1 aliphatic heterocycles. The van der Waals surface area contributed by atoms with Crippen LogP contribution >= 0.6 is 0 Å². The van der Waals surface area contributed by atoms with Crippen molar-refractivity contribution in [2.75, 3.05) is 26.5 Å². The molecule has 1 atom stereocenters. The lowest BCUT2D eigenvalue weighted by Gasteiger charge is -2.33. The van der Waals surface area contributed by atoms with Gasteiger partial charge in [0.1, 0.15) is 11.8 Å². The van der Waals surface area contributed by atoms with Crippen LogP contribution in [0.15, 0.2) is 24.3 Å². The standard InChI is InChI=1S/C12H16N2O4S/c1-18-10-5-3-9(4-6-10)11-12(15)13-7-8-14(11)19(2,16)17/h3-6,11H,7-8H2,1-2H3,(H,13,15). The van der Waals surface area contributed by atoms with Crippen molar-refractivity contribution in [3.05, 3.63) is 29.8 Å². The van der Waals surface area contributed by atoms with Crippen LogP contribution < -0.4 is 10.1 Å². The summed E-state index contributed by atoms with van der Waals surface area (Å²) in [5.74, 6) is 0.354. The Labute approximate surface area is 112 Å². The van der Waals surface area contributed by atoms with Crippen LogP contribution in [0.4, 0.5) is 0 Å². The van der Waals surface area contributed by atoms with Gasteiger partial charge in [0.05, 0.1) is 13.4 Å². The number of piperazine rings is 1. The molecule has 1 fully saturated rings. The Balaban J connectivity index is 2.39. The van der Waals surface area contributed by atoms with Crippen molar-refractivity contribution in [3.8, 4) is 5.75 Å². The van der Waals surface area contributed by atoms with Gasteiger partial charge in [-0.2, -0.15) is 4.31 Å². The van der Waals surface area contributed by atoms with E-state index in [-0.39, 0.29) is 12.5 Å². The number of methoxy groups -OCH3 is 1. The fourth-order valence-corrected chi connectivity index (χ4v) is 3.13. The fourth-order valence-electron chi connectivity index (χ4n) is 2.11. The number of hydrogen-bond donors (Lipinski definition) is 1. The molecule has 1 N–H and O–H groups in total. The maximum atomic E-state index is 12.0. The number of rotatable bonds is 3. The second kappa shape index (κ2) is 5.18. The predicted octanol–water partition coefficient (Wildman–Crippen LogP) is 0.128. The smallest absolute Gasteiger partial charge is 0.243 e. The Morgan fingerprint density at radius 2 is 1.95 bits per heavy atom. The van der Waals surface area contributed by atoms with Crippen molar-refractivity contribution in [2.45, 2.75) is 6.04 Å². The number of nitrogens with zero attached hydrogens (tertiary/aromatic N) is 1. The van der Waals surface area contributed by atoms with E-state index in [1.54, 1.807) is 31.4 Å². The third kappa shape index (κ3) is 2.87. The molecule has 1 amide bonds. The first-order chi connectivity index (χ1) is 8.93. The molecule has 6 nitrogen and oxygen atoms in total. The van der Waals surface area contributed by atoms with Crippen molar-refractivity contribution in [3.63, 3.8) is 0 Å². The van der Waals surface area contributed by atoms with E-state index in [9.17, 15) is 13.2 Å². The number of ether oxygens (including phenoxy) is 1. The van der Waals surface area contributed by atoms with Gasteiger partial charge in [-0.15, -0.1) is 0 Å². The summed E-state index contributed by atoms with van der Waals surface area (Å²) < 4.78 is 29.8. The molecule has 2 rings (SSSR count). The van der Waals surface area contributed by atoms with Gasteiger partial charge in [0.25, 0.3) is 0 Å². The van der Waals surface area contributed by atoms with E-state index in [0.29, 0.717) is 17.9 Å². The van der Waals surface area contributed by atoms with Gasteiger partial charge in [0.2, 0.25) is 15.9 Å². The van der Waals surface area contributed by atoms with E-state index in [2.05, 4.69) is 5.32 Å². The first kappa shape index (κ1) is 13.8. The summed E-state index contributed by atoms with van der Waals surface area (Å²) in [6.45, 7) is 0.611. The topological polar surface area (TPSA) is 75.7 Å². The highest BCUT2D eigenvalue weighted by atomic mass is 32.2. The monoisotopic (exact) mass is 284 g/mol. The molecule has 0 spiro atoms. The zero-order valence-corrected chi connectivity index (χ0v) is 11.6. The van der Waals surface area contributed by atoms with Gasteiger partial charge in [0.15, 0.2) is 0 Å². The van der Waals surface area contributed by atoms with Crippen LogP contribution in [-0.4, -0.2) is 45.1 Å². The second-order valence-corrected chi connectivity index (χ2v) is 6.28. The molecule has 1 aromatic carbocycles. The maximum absolute atomic E-state index is 12.0.